The van der Waals surface area contributed by atoms with E-state index < -0.39 is 0 Å². The van der Waals surface area contributed by atoms with Gasteiger partial charge in [-0.2, -0.15) is 0 Å². The number of nitrogens with zero attached hydrogens (tertiary/aromatic N) is 1. The van der Waals surface area contributed by atoms with Gasteiger partial charge in [-0.15, -0.1) is 0 Å². The van der Waals surface area contributed by atoms with E-state index in [4.69, 9.17) is 0 Å². The zero-order valence-electron chi connectivity index (χ0n) is 12.3. The Kier molecular flexibility index (Phi) is 5.61. The predicted octanol–water partition coefficient (Wildman–Crippen LogP) is 3.96. The first-order valence-corrected chi connectivity index (χ1v) is 8.12. The van der Waals surface area contributed by atoms with Crippen LogP contribution in [0.15, 0.2) is 22.7 Å². The Morgan fingerprint density at radius 2 is 2.05 bits per heavy atom. The fraction of sp³-hybridized carbons (Fsp3) is 0.562. The molecule has 0 aliphatic heterocycles. The van der Waals surface area contributed by atoms with Crippen molar-refractivity contribution in [3.63, 3.8) is 0 Å². The lowest BCUT2D eigenvalue weighted by atomic mass is 9.94. The minimum Gasteiger partial charge on any atom is -0.324 e. The van der Waals surface area contributed by atoms with E-state index in [0.717, 1.165) is 10.2 Å². The van der Waals surface area contributed by atoms with Crippen LogP contribution >= 0.6 is 15.9 Å². The smallest absolute Gasteiger partial charge is 0.238 e. The molecule has 0 saturated heterocycles. The second-order valence-electron chi connectivity index (χ2n) is 5.74. The lowest BCUT2D eigenvalue weighted by molar-refractivity contribution is -0.117. The van der Waals surface area contributed by atoms with Gasteiger partial charge < -0.3 is 5.32 Å². The molecule has 1 aliphatic rings. The fourth-order valence-electron chi connectivity index (χ4n) is 2.79. The minimum absolute atomic E-state index is 0.0580. The number of hydrogen-bond acceptors (Lipinski definition) is 2. The summed E-state index contributed by atoms with van der Waals surface area (Å²) < 4.78 is 0.936. The van der Waals surface area contributed by atoms with Crippen molar-refractivity contribution in [2.75, 3.05) is 18.9 Å². The van der Waals surface area contributed by atoms with Crippen LogP contribution in [0.3, 0.4) is 0 Å². The maximum atomic E-state index is 12.1. The summed E-state index contributed by atoms with van der Waals surface area (Å²) in [5.41, 5.74) is 2.02. The maximum Gasteiger partial charge on any atom is 0.238 e. The Labute approximate surface area is 129 Å². The first kappa shape index (κ1) is 15.5. The molecule has 2 rings (SSSR count). The molecule has 4 heteroatoms. The fourth-order valence-corrected chi connectivity index (χ4v) is 3.38. The number of carbonyl (C=O) groups is 1. The molecule has 1 fully saturated rings. The van der Waals surface area contributed by atoms with Crippen molar-refractivity contribution in [1.29, 1.82) is 0 Å². The van der Waals surface area contributed by atoms with Crippen LogP contribution in [0.5, 0.6) is 0 Å². The van der Waals surface area contributed by atoms with Crippen molar-refractivity contribution in [2.45, 2.75) is 45.1 Å². The van der Waals surface area contributed by atoms with Gasteiger partial charge in [0, 0.05) is 10.5 Å². The first-order chi connectivity index (χ1) is 9.56. The number of rotatable bonds is 4. The third kappa shape index (κ3) is 4.32. The average Bonchev–Trinajstić information content (AvgIpc) is 2.43. The van der Waals surface area contributed by atoms with Crippen LogP contribution in [0.2, 0.25) is 0 Å². The van der Waals surface area contributed by atoms with Crippen LogP contribution in [-0.2, 0) is 4.79 Å². The Morgan fingerprint density at radius 1 is 1.35 bits per heavy atom. The van der Waals surface area contributed by atoms with Crippen LogP contribution in [0.25, 0.3) is 0 Å². The highest BCUT2D eigenvalue weighted by molar-refractivity contribution is 9.10. The molecule has 0 unspecified atom stereocenters. The lowest BCUT2D eigenvalue weighted by Crippen LogP contribution is -2.39. The number of nitrogens with one attached hydrogen (secondary N) is 1. The van der Waals surface area contributed by atoms with E-state index in [0.29, 0.717) is 12.6 Å². The third-order valence-electron chi connectivity index (χ3n) is 3.99. The molecule has 1 aromatic carbocycles. The van der Waals surface area contributed by atoms with E-state index >= 15 is 0 Å². The zero-order valence-corrected chi connectivity index (χ0v) is 13.9. The third-order valence-corrected chi connectivity index (χ3v) is 4.65. The van der Waals surface area contributed by atoms with Gasteiger partial charge in [-0.05, 0) is 60.4 Å². The molecule has 1 saturated carbocycles. The topological polar surface area (TPSA) is 32.3 Å². The SMILES string of the molecule is Cc1ccc(NC(=O)CN(C)C2CCCCC2)c(Br)c1. The standard InChI is InChI=1S/C16H23BrN2O/c1-12-8-9-15(14(17)10-12)18-16(20)11-19(2)13-6-4-3-5-7-13/h8-10,13H,3-7,11H2,1-2H3,(H,18,20). The van der Waals surface area contributed by atoms with Gasteiger partial charge in [0.25, 0.3) is 0 Å². The Bertz CT molecular complexity index is 470. The van der Waals surface area contributed by atoms with Crippen molar-refractivity contribution in [3.8, 4) is 0 Å². The van der Waals surface area contributed by atoms with Gasteiger partial charge >= 0.3 is 0 Å². The molecule has 1 aliphatic carbocycles. The molecule has 0 aromatic heterocycles. The van der Waals surface area contributed by atoms with Gasteiger partial charge in [-0.25, -0.2) is 0 Å². The predicted molar refractivity (Wildman–Crippen MR) is 87.0 cm³/mol. The van der Waals surface area contributed by atoms with E-state index in [2.05, 4.69) is 33.2 Å². The highest BCUT2D eigenvalue weighted by Gasteiger charge is 2.20. The molecule has 1 aromatic rings. The monoisotopic (exact) mass is 338 g/mol. The number of likely N-dealkylation sites (N-methyl/N-ethyl adjacent to an activating group) is 1. The number of amides is 1. The summed E-state index contributed by atoms with van der Waals surface area (Å²) in [6.45, 7) is 2.50. The van der Waals surface area contributed by atoms with E-state index in [1.165, 1.54) is 37.7 Å². The van der Waals surface area contributed by atoms with Crippen LogP contribution in [-0.4, -0.2) is 30.4 Å². The van der Waals surface area contributed by atoms with Crippen molar-refractivity contribution >= 4 is 27.5 Å². The molecule has 0 atom stereocenters. The number of hydrogen-bond donors (Lipinski definition) is 1. The van der Waals surface area contributed by atoms with Crippen LogP contribution in [0.1, 0.15) is 37.7 Å². The lowest BCUT2D eigenvalue weighted by Gasteiger charge is -2.30. The Morgan fingerprint density at radius 3 is 2.70 bits per heavy atom. The summed E-state index contributed by atoms with van der Waals surface area (Å²) >= 11 is 3.49. The Balaban J connectivity index is 1.88. The number of carbonyl (C=O) groups excluding carboxylic acids is 1. The van der Waals surface area contributed by atoms with Gasteiger partial charge in [-0.3, -0.25) is 9.69 Å². The summed E-state index contributed by atoms with van der Waals surface area (Å²) in [6, 6.07) is 6.53. The highest BCUT2D eigenvalue weighted by atomic mass is 79.9. The normalized spacial score (nSPS) is 16.4. The quantitative estimate of drug-likeness (QED) is 0.901. The number of anilines is 1. The highest BCUT2D eigenvalue weighted by Crippen LogP contribution is 2.24. The van der Waals surface area contributed by atoms with Crippen molar-refractivity contribution in [3.05, 3.63) is 28.2 Å². The van der Waals surface area contributed by atoms with Crippen LogP contribution in [0.4, 0.5) is 5.69 Å². The zero-order chi connectivity index (χ0) is 14.5. The molecule has 1 N–H and O–H groups in total. The van der Waals surface area contributed by atoms with Crippen molar-refractivity contribution in [1.82, 2.24) is 4.90 Å². The maximum absolute atomic E-state index is 12.1. The largest absolute Gasteiger partial charge is 0.324 e. The van der Waals surface area contributed by atoms with Gasteiger partial charge in [0.05, 0.1) is 12.2 Å². The van der Waals surface area contributed by atoms with E-state index in [1.807, 2.05) is 25.1 Å². The Hall–Kier alpha value is -0.870. The molecule has 3 nitrogen and oxygen atoms in total. The van der Waals surface area contributed by atoms with Crippen LogP contribution < -0.4 is 5.32 Å². The summed E-state index contributed by atoms with van der Waals surface area (Å²) in [6.07, 6.45) is 6.36. The van der Waals surface area contributed by atoms with Gasteiger partial charge in [-0.1, -0.05) is 25.3 Å². The molecule has 0 heterocycles. The molecule has 0 spiro atoms. The summed E-state index contributed by atoms with van der Waals surface area (Å²) in [5.74, 6) is 0.0580. The molecule has 20 heavy (non-hydrogen) atoms. The molecule has 0 radical (unpaired) electrons. The average molecular weight is 339 g/mol. The molecular weight excluding hydrogens is 316 g/mol. The number of halogens is 1. The van der Waals surface area contributed by atoms with E-state index in [1.54, 1.807) is 0 Å². The summed E-state index contributed by atoms with van der Waals surface area (Å²) in [5, 5.41) is 2.98. The van der Waals surface area contributed by atoms with Gasteiger partial charge in [0.2, 0.25) is 5.91 Å². The summed E-state index contributed by atoms with van der Waals surface area (Å²) in [4.78, 5) is 14.3. The first-order valence-electron chi connectivity index (χ1n) is 7.32. The number of benzene rings is 1. The molecule has 1 amide bonds. The van der Waals surface area contributed by atoms with Crippen molar-refractivity contribution < 1.29 is 4.79 Å². The second-order valence-corrected chi connectivity index (χ2v) is 6.59. The van der Waals surface area contributed by atoms with E-state index in [-0.39, 0.29) is 5.91 Å². The molecule has 110 valence electrons. The van der Waals surface area contributed by atoms with Gasteiger partial charge in [0.1, 0.15) is 0 Å². The minimum atomic E-state index is 0.0580. The summed E-state index contributed by atoms with van der Waals surface area (Å²) in [7, 11) is 2.06. The van der Waals surface area contributed by atoms with E-state index in [9.17, 15) is 4.79 Å². The van der Waals surface area contributed by atoms with Crippen LogP contribution in [0, 0.1) is 6.92 Å². The number of aryl methyl sites for hydroxylation is 1. The van der Waals surface area contributed by atoms with Gasteiger partial charge in [0.15, 0.2) is 0 Å². The van der Waals surface area contributed by atoms with Crippen molar-refractivity contribution in [2.24, 2.45) is 0 Å². The second kappa shape index (κ2) is 7.23. The molecule has 0 bridgehead atoms. The molecular formula is C16H23BrN2O.